The van der Waals surface area contributed by atoms with Crippen molar-refractivity contribution in [1.82, 2.24) is 19.7 Å². The standard InChI is InChI=1S/C30H30N6/c1-4-5-8-14-32-27-17-24(12-11-22(27)18-31)36-30-28(29(35-36)20(2)3)25(13-15-33-30)23-16-21-9-6-7-10-26(21)34-19-23/h6-7,9-13,15-17,19-20,32H,4-5,8,14H2,1-3H3. The van der Waals surface area contributed by atoms with Crippen LogP contribution in [0.3, 0.4) is 0 Å². The normalized spacial score (nSPS) is 11.3. The maximum absolute atomic E-state index is 9.64. The fourth-order valence-corrected chi connectivity index (χ4v) is 4.62. The Morgan fingerprint density at radius 1 is 1.03 bits per heavy atom. The average molecular weight is 475 g/mol. The van der Waals surface area contributed by atoms with Crippen molar-refractivity contribution in [2.75, 3.05) is 11.9 Å². The molecule has 0 amide bonds. The van der Waals surface area contributed by atoms with Crippen molar-refractivity contribution in [3.63, 3.8) is 0 Å². The molecule has 6 heteroatoms. The van der Waals surface area contributed by atoms with Crippen LogP contribution < -0.4 is 5.32 Å². The Labute approximate surface area is 211 Å². The number of pyridine rings is 2. The van der Waals surface area contributed by atoms with E-state index in [1.165, 1.54) is 0 Å². The Kier molecular flexibility index (Phi) is 6.64. The minimum Gasteiger partial charge on any atom is -0.384 e. The number of hydrogen-bond donors (Lipinski definition) is 1. The van der Waals surface area contributed by atoms with Gasteiger partial charge in [-0.3, -0.25) is 4.98 Å². The number of nitriles is 1. The van der Waals surface area contributed by atoms with E-state index in [0.29, 0.717) is 5.56 Å². The molecule has 0 radical (unpaired) electrons. The fourth-order valence-electron chi connectivity index (χ4n) is 4.62. The number of aromatic nitrogens is 4. The molecule has 5 aromatic rings. The number of hydrogen-bond acceptors (Lipinski definition) is 5. The third kappa shape index (κ3) is 4.40. The fraction of sp³-hybridized carbons (Fsp3) is 0.267. The number of unbranched alkanes of at least 4 members (excludes halogenated alkanes) is 2. The first-order chi connectivity index (χ1) is 17.6. The van der Waals surface area contributed by atoms with Crippen LogP contribution in [0.4, 0.5) is 5.69 Å². The monoisotopic (exact) mass is 474 g/mol. The first-order valence-corrected chi connectivity index (χ1v) is 12.6. The Bertz CT molecular complexity index is 1570. The molecule has 0 unspecified atom stereocenters. The van der Waals surface area contributed by atoms with Gasteiger partial charge in [-0.1, -0.05) is 51.8 Å². The number of nitrogens with one attached hydrogen (secondary N) is 1. The highest BCUT2D eigenvalue weighted by Gasteiger charge is 2.20. The van der Waals surface area contributed by atoms with Crippen molar-refractivity contribution >= 4 is 27.6 Å². The van der Waals surface area contributed by atoms with Crippen molar-refractivity contribution in [2.45, 2.75) is 46.0 Å². The van der Waals surface area contributed by atoms with Gasteiger partial charge in [0.1, 0.15) is 6.07 Å². The first kappa shape index (κ1) is 23.5. The molecule has 1 N–H and O–H groups in total. The van der Waals surface area contributed by atoms with Crippen LogP contribution in [0.1, 0.15) is 57.2 Å². The van der Waals surface area contributed by atoms with Crippen LogP contribution >= 0.6 is 0 Å². The number of benzene rings is 2. The summed E-state index contributed by atoms with van der Waals surface area (Å²) in [5, 5.41) is 20.3. The van der Waals surface area contributed by atoms with E-state index in [1.54, 1.807) is 0 Å². The zero-order valence-corrected chi connectivity index (χ0v) is 21.0. The largest absolute Gasteiger partial charge is 0.384 e. The van der Waals surface area contributed by atoms with Crippen LogP contribution in [0.5, 0.6) is 0 Å². The van der Waals surface area contributed by atoms with Gasteiger partial charge in [0.25, 0.3) is 0 Å². The first-order valence-electron chi connectivity index (χ1n) is 12.6. The SMILES string of the molecule is CCCCCNc1cc(-n2nc(C(C)C)c3c(-c4cnc5ccccc5c4)ccnc32)ccc1C#N. The molecule has 3 aromatic heterocycles. The molecule has 180 valence electrons. The highest BCUT2D eigenvalue weighted by Crippen LogP contribution is 2.35. The van der Waals surface area contributed by atoms with Gasteiger partial charge in [0, 0.05) is 29.9 Å². The summed E-state index contributed by atoms with van der Waals surface area (Å²) in [7, 11) is 0. The molecule has 0 aliphatic rings. The Balaban J connectivity index is 1.65. The van der Waals surface area contributed by atoms with Gasteiger partial charge < -0.3 is 5.32 Å². The molecule has 5 rings (SSSR count). The van der Waals surface area contributed by atoms with E-state index in [9.17, 15) is 5.26 Å². The number of rotatable bonds is 8. The number of fused-ring (bicyclic) bond motifs is 2. The lowest BCUT2D eigenvalue weighted by Crippen LogP contribution is -2.05. The van der Waals surface area contributed by atoms with E-state index in [-0.39, 0.29) is 5.92 Å². The molecular formula is C30H30N6. The maximum atomic E-state index is 9.64. The van der Waals surface area contributed by atoms with Gasteiger partial charge in [-0.25, -0.2) is 9.67 Å². The van der Waals surface area contributed by atoms with Gasteiger partial charge >= 0.3 is 0 Å². The van der Waals surface area contributed by atoms with Crippen LogP contribution in [0.2, 0.25) is 0 Å². The number of para-hydroxylation sites is 1. The Morgan fingerprint density at radius 3 is 2.69 bits per heavy atom. The minimum atomic E-state index is 0.204. The molecule has 0 aliphatic heterocycles. The predicted molar refractivity (Wildman–Crippen MR) is 146 cm³/mol. The summed E-state index contributed by atoms with van der Waals surface area (Å²) in [5.74, 6) is 0.204. The van der Waals surface area contributed by atoms with Crippen LogP contribution in [0.25, 0.3) is 38.8 Å². The lowest BCUT2D eigenvalue weighted by molar-refractivity contribution is 0.743. The zero-order valence-electron chi connectivity index (χ0n) is 21.0. The lowest BCUT2D eigenvalue weighted by atomic mass is 9.98. The summed E-state index contributed by atoms with van der Waals surface area (Å²) in [5.41, 5.74) is 7.21. The molecular weight excluding hydrogens is 444 g/mol. The third-order valence-electron chi connectivity index (χ3n) is 6.51. The van der Waals surface area contributed by atoms with E-state index >= 15 is 0 Å². The van der Waals surface area contributed by atoms with Crippen molar-refractivity contribution in [1.29, 1.82) is 5.26 Å². The molecule has 3 heterocycles. The lowest BCUT2D eigenvalue weighted by Gasteiger charge is -2.11. The molecule has 0 bridgehead atoms. The Morgan fingerprint density at radius 2 is 1.89 bits per heavy atom. The van der Waals surface area contributed by atoms with Crippen molar-refractivity contribution in [2.24, 2.45) is 0 Å². The highest BCUT2D eigenvalue weighted by atomic mass is 15.3. The van der Waals surface area contributed by atoms with Crippen LogP contribution in [-0.4, -0.2) is 26.3 Å². The van der Waals surface area contributed by atoms with Gasteiger partial charge in [-0.2, -0.15) is 10.4 Å². The summed E-state index contributed by atoms with van der Waals surface area (Å²) in [6.07, 6.45) is 7.15. The minimum absolute atomic E-state index is 0.204. The second-order valence-corrected chi connectivity index (χ2v) is 9.40. The predicted octanol–water partition coefficient (Wildman–Crippen LogP) is 7.23. The van der Waals surface area contributed by atoms with E-state index in [2.05, 4.69) is 49.3 Å². The van der Waals surface area contributed by atoms with Gasteiger partial charge in [0.05, 0.1) is 33.5 Å². The van der Waals surface area contributed by atoms with Crippen LogP contribution in [-0.2, 0) is 0 Å². The molecule has 0 saturated heterocycles. The molecule has 0 saturated carbocycles. The van der Waals surface area contributed by atoms with Gasteiger partial charge in [0.15, 0.2) is 5.65 Å². The van der Waals surface area contributed by atoms with Gasteiger partial charge in [0.2, 0.25) is 0 Å². The molecule has 36 heavy (non-hydrogen) atoms. The summed E-state index contributed by atoms with van der Waals surface area (Å²) in [6, 6.07) is 20.5. The van der Waals surface area contributed by atoms with Crippen molar-refractivity contribution < 1.29 is 0 Å². The van der Waals surface area contributed by atoms with Crippen LogP contribution in [0.15, 0.2) is 67.0 Å². The van der Waals surface area contributed by atoms with E-state index in [1.807, 2.05) is 59.5 Å². The van der Waals surface area contributed by atoms with E-state index in [4.69, 9.17) is 10.1 Å². The van der Waals surface area contributed by atoms with Crippen LogP contribution in [0, 0.1) is 11.3 Å². The molecule has 0 fully saturated rings. The van der Waals surface area contributed by atoms with E-state index < -0.39 is 0 Å². The number of anilines is 1. The topological polar surface area (TPSA) is 79.4 Å². The Hall–Kier alpha value is -4.24. The number of nitrogens with zero attached hydrogens (tertiary/aromatic N) is 5. The molecule has 2 aromatic carbocycles. The summed E-state index contributed by atoms with van der Waals surface area (Å²) < 4.78 is 1.90. The van der Waals surface area contributed by atoms with Crippen molar-refractivity contribution in [3.05, 3.63) is 78.2 Å². The third-order valence-corrected chi connectivity index (χ3v) is 6.51. The highest BCUT2D eigenvalue weighted by molar-refractivity contribution is 5.97. The van der Waals surface area contributed by atoms with Gasteiger partial charge in [-0.05, 0) is 54.3 Å². The summed E-state index contributed by atoms with van der Waals surface area (Å²) in [4.78, 5) is 9.45. The second kappa shape index (κ2) is 10.2. The molecule has 0 atom stereocenters. The summed E-state index contributed by atoms with van der Waals surface area (Å²) in [6.45, 7) is 7.33. The van der Waals surface area contributed by atoms with E-state index in [0.717, 1.165) is 75.9 Å². The maximum Gasteiger partial charge on any atom is 0.163 e. The van der Waals surface area contributed by atoms with Gasteiger partial charge in [-0.15, -0.1) is 0 Å². The average Bonchev–Trinajstić information content (AvgIpc) is 3.31. The molecule has 6 nitrogen and oxygen atoms in total. The summed E-state index contributed by atoms with van der Waals surface area (Å²) >= 11 is 0. The molecule has 0 aliphatic carbocycles. The zero-order chi connectivity index (χ0) is 25.1. The molecule has 0 spiro atoms. The smallest absolute Gasteiger partial charge is 0.163 e. The quantitative estimate of drug-likeness (QED) is 0.240. The second-order valence-electron chi connectivity index (χ2n) is 9.40. The van der Waals surface area contributed by atoms with Crippen molar-refractivity contribution in [3.8, 4) is 22.9 Å².